The summed E-state index contributed by atoms with van der Waals surface area (Å²) in [5.41, 5.74) is 4.13. The second-order valence-corrected chi connectivity index (χ2v) is 5.89. The molecule has 0 amide bonds. The number of nitriles is 1. The van der Waals surface area contributed by atoms with E-state index in [4.69, 9.17) is 4.98 Å². The van der Waals surface area contributed by atoms with Crippen molar-refractivity contribution in [2.24, 2.45) is 0 Å². The number of benzene rings is 2. The van der Waals surface area contributed by atoms with Gasteiger partial charge in [0.2, 0.25) is 0 Å². The van der Waals surface area contributed by atoms with Crippen molar-refractivity contribution >= 4 is 22.3 Å². The molecule has 0 spiro atoms. The molecule has 132 valence electrons. The molecule has 0 fully saturated rings. The van der Waals surface area contributed by atoms with Crippen LogP contribution in [0, 0.1) is 11.3 Å². The number of nitrogens with one attached hydrogen (secondary N) is 1. The van der Waals surface area contributed by atoms with Crippen molar-refractivity contribution in [1.29, 1.82) is 5.26 Å². The van der Waals surface area contributed by atoms with E-state index in [0.29, 0.717) is 11.4 Å². The molecule has 3 aromatic rings. The molecule has 0 saturated carbocycles. The molecule has 0 aliphatic rings. The molecular formula is C23H20N4. The van der Waals surface area contributed by atoms with Crippen molar-refractivity contribution < 1.29 is 0 Å². The number of hydrogen-bond donors (Lipinski definition) is 1. The molecule has 1 heterocycles. The molecule has 0 bridgehead atoms. The van der Waals surface area contributed by atoms with Crippen molar-refractivity contribution in [3.63, 3.8) is 0 Å². The second kappa shape index (κ2) is 8.11. The zero-order valence-corrected chi connectivity index (χ0v) is 15.4. The standard InChI is InChI=1S/C23H20N4/c1-4-6-9-16(5-2)22-26-21-14-17(12-13-20(21)23(25-3)27-22)19-11-8-7-10-18(19)15-24/h4-14H,2H2,1,3H3,(H,25,26,27)/b6-4-,16-9+. The highest BCUT2D eigenvalue weighted by Gasteiger charge is 2.11. The minimum absolute atomic E-state index is 0.602. The first-order valence-corrected chi connectivity index (χ1v) is 8.66. The molecule has 1 aromatic heterocycles. The summed E-state index contributed by atoms with van der Waals surface area (Å²) in [5, 5.41) is 13.5. The van der Waals surface area contributed by atoms with Gasteiger partial charge < -0.3 is 5.32 Å². The highest BCUT2D eigenvalue weighted by molar-refractivity contribution is 5.94. The first kappa shape index (κ1) is 18.1. The number of hydrogen-bond acceptors (Lipinski definition) is 4. The van der Waals surface area contributed by atoms with Crippen LogP contribution in [0.2, 0.25) is 0 Å². The van der Waals surface area contributed by atoms with Crippen LogP contribution in [-0.2, 0) is 0 Å². The Hall–Kier alpha value is -3.71. The van der Waals surface area contributed by atoms with Crippen LogP contribution in [-0.4, -0.2) is 17.0 Å². The zero-order chi connectivity index (χ0) is 19.2. The quantitative estimate of drug-likeness (QED) is 0.628. The van der Waals surface area contributed by atoms with E-state index in [1.54, 1.807) is 6.08 Å². The van der Waals surface area contributed by atoms with Crippen LogP contribution in [0.4, 0.5) is 5.82 Å². The highest BCUT2D eigenvalue weighted by atomic mass is 15.0. The van der Waals surface area contributed by atoms with E-state index in [1.165, 1.54) is 0 Å². The van der Waals surface area contributed by atoms with Crippen molar-refractivity contribution in [2.75, 3.05) is 12.4 Å². The molecule has 4 nitrogen and oxygen atoms in total. The summed E-state index contributed by atoms with van der Waals surface area (Å²) in [6.07, 6.45) is 7.56. The van der Waals surface area contributed by atoms with Gasteiger partial charge in [-0.25, -0.2) is 9.97 Å². The van der Waals surface area contributed by atoms with Gasteiger partial charge in [-0.3, -0.25) is 0 Å². The smallest absolute Gasteiger partial charge is 0.162 e. The summed E-state index contributed by atoms with van der Waals surface area (Å²) in [4.78, 5) is 9.37. The maximum Gasteiger partial charge on any atom is 0.162 e. The van der Waals surface area contributed by atoms with Crippen molar-refractivity contribution in [3.8, 4) is 17.2 Å². The van der Waals surface area contributed by atoms with Crippen molar-refractivity contribution in [2.45, 2.75) is 6.92 Å². The Morgan fingerprint density at radius 2 is 2.00 bits per heavy atom. The van der Waals surface area contributed by atoms with E-state index < -0.39 is 0 Å². The Bertz CT molecular complexity index is 1100. The fourth-order valence-corrected chi connectivity index (χ4v) is 2.88. The minimum Gasteiger partial charge on any atom is -0.373 e. The minimum atomic E-state index is 0.602. The summed E-state index contributed by atoms with van der Waals surface area (Å²) >= 11 is 0. The van der Waals surface area contributed by atoms with E-state index in [0.717, 1.165) is 33.4 Å². The first-order valence-electron chi connectivity index (χ1n) is 8.66. The molecule has 2 aromatic carbocycles. The number of rotatable bonds is 5. The van der Waals surface area contributed by atoms with Gasteiger partial charge in [-0.05, 0) is 36.2 Å². The van der Waals surface area contributed by atoms with Gasteiger partial charge in [-0.15, -0.1) is 0 Å². The Morgan fingerprint density at radius 1 is 1.19 bits per heavy atom. The predicted molar refractivity (Wildman–Crippen MR) is 112 cm³/mol. The van der Waals surface area contributed by atoms with Gasteiger partial charge in [0.05, 0.1) is 17.1 Å². The molecule has 27 heavy (non-hydrogen) atoms. The average molecular weight is 352 g/mol. The third-order valence-corrected chi connectivity index (χ3v) is 4.24. The van der Waals surface area contributed by atoms with Gasteiger partial charge in [0.1, 0.15) is 5.82 Å². The van der Waals surface area contributed by atoms with Crippen LogP contribution in [0.25, 0.3) is 27.6 Å². The molecule has 3 rings (SSSR count). The van der Waals surface area contributed by atoms with Crippen molar-refractivity contribution in [1.82, 2.24) is 9.97 Å². The van der Waals surface area contributed by atoms with Gasteiger partial charge >= 0.3 is 0 Å². The third kappa shape index (κ3) is 3.63. The summed E-state index contributed by atoms with van der Waals surface area (Å²) in [7, 11) is 1.84. The first-order chi connectivity index (χ1) is 13.2. The molecule has 1 N–H and O–H groups in total. The zero-order valence-electron chi connectivity index (χ0n) is 15.4. The number of nitrogens with zero attached hydrogens (tertiary/aromatic N) is 3. The number of fused-ring (bicyclic) bond motifs is 1. The molecule has 4 heteroatoms. The van der Waals surface area contributed by atoms with E-state index in [2.05, 4.69) is 22.9 Å². The monoisotopic (exact) mass is 352 g/mol. The lowest BCUT2D eigenvalue weighted by Crippen LogP contribution is -2.01. The van der Waals surface area contributed by atoms with Gasteiger partial charge in [-0.1, -0.05) is 55.1 Å². The Morgan fingerprint density at radius 3 is 2.70 bits per heavy atom. The number of allylic oxidation sites excluding steroid dienone is 5. The van der Waals surface area contributed by atoms with E-state index in [1.807, 2.05) is 74.7 Å². The fraction of sp³-hybridized carbons (Fsp3) is 0.0870. The number of anilines is 1. The molecule has 0 aliphatic carbocycles. The van der Waals surface area contributed by atoms with Crippen LogP contribution in [0.5, 0.6) is 0 Å². The lowest BCUT2D eigenvalue weighted by Gasteiger charge is -2.11. The maximum absolute atomic E-state index is 9.40. The molecule has 0 unspecified atom stereocenters. The maximum atomic E-state index is 9.40. The Kier molecular flexibility index (Phi) is 5.44. The summed E-state index contributed by atoms with van der Waals surface area (Å²) < 4.78 is 0. The number of aromatic nitrogens is 2. The molecular weight excluding hydrogens is 332 g/mol. The normalized spacial score (nSPS) is 11.5. The third-order valence-electron chi connectivity index (χ3n) is 4.24. The SMILES string of the molecule is C=C/C(=C\C=C/C)c1nc(NC)c2ccc(-c3ccccc3C#N)cc2n1. The van der Waals surface area contributed by atoms with Crippen LogP contribution >= 0.6 is 0 Å². The lowest BCUT2D eigenvalue weighted by atomic mass is 9.99. The molecule has 0 aliphatic heterocycles. The molecule has 0 radical (unpaired) electrons. The average Bonchev–Trinajstić information content (AvgIpc) is 2.73. The van der Waals surface area contributed by atoms with Gasteiger partial charge in [0, 0.05) is 18.0 Å². The predicted octanol–water partition coefficient (Wildman–Crippen LogP) is 5.36. The summed E-state index contributed by atoms with van der Waals surface area (Å²) in [6, 6.07) is 15.8. The van der Waals surface area contributed by atoms with Gasteiger partial charge in [0.25, 0.3) is 0 Å². The van der Waals surface area contributed by atoms with E-state index >= 15 is 0 Å². The summed E-state index contributed by atoms with van der Waals surface area (Å²) in [5.74, 6) is 1.36. The topological polar surface area (TPSA) is 61.6 Å². The van der Waals surface area contributed by atoms with E-state index in [-0.39, 0.29) is 0 Å². The molecule has 0 saturated heterocycles. The van der Waals surface area contributed by atoms with Gasteiger partial charge in [0.15, 0.2) is 5.82 Å². The highest BCUT2D eigenvalue weighted by Crippen LogP contribution is 2.29. The van der Waals surface area contributed by atoms with Crippen LogP contribution in [0.3, 0.4) is 0 Å². The van der Waals surface area contributed by atoms with Crippen LogP contribution < -0.4 is 5.32 Å². The van der Waals surface area contributed by atoms with Gasteiger partial charge in [-0.2, -0.15) is 5.26 Å². The fourth-order valence-electron chi connectivity index (χ4n) is 2.88. The van der Waals surface area contributed by atoms with E-state index in [9.17, 15) is 5.26 Å². The largest absolute Gasteiger partial charge is 0.373 e. The second-order valence-electron chi connectivity index (χ2n) is 5.89. The Balaban J connectivity index is 2.23. The molecule has 0 atom stereocenters. The van der Waals surface area contributed by atoms with Crippen LogP contribution in [0.15, 0.2) is 73.3 Å². The lowest BCUT2D eigenvalue weighted by molar-refractivity contribution is 1.16. The Labute approximate surface area is 159 Å². The summed E-state index contributed by atoms with van der Waals surface area (Å²) in [6.45, 7) is 5.83. The van der Waals surface area contributed by atoms with Crippen molar-refractivity contribution in [3.05, 3.63) is 84.7 Å². The van der Waals surface area contributed by atoms with Crippen LogP contribution in [0.1, 0.15) is 18.3 Å².